The summed E-state index contributed by atoms with van der Waals surface area (Å²) >= 11 is 0. The molecule has 0 aliphatic carbocycles. The van der Waals surface area contributed by atoms with Crippen LogP contribution in [0.4, 0.5) is 0 Å². The van der Waals surface area contributed by atoms with Crippen LogP contribution in [-0.4, -0.2) is 30.4 Å². The van der Waals surface area contributed by atoms with Crippen LogP contribution in [0.1, 0.15) is 19.3 Å². The van der Waals surface area contributed by atoms with Gasteiger partial charge in [-0.2, -0.15) is 9.98 Å². The monoisotopic (exact) mass is 196 g/mol. The standard InChI is InChI=1S/C8H8N2O4/c11-5-9-8(10-6-12)3-1-2-4-14-7(8)13/h1-4H2. The van der Waals surface area contributed by atoms with E-state index in [-0.39, 0.29) is 13.0 Å². The molecule has 1 aliphatic rings. The van der Waals surface area contributed by atoms with Crippen molar-refractivity contribution in [1.29, 1.82) is 0 Å². The van der Waals surface area contributed by atoms with E-state index in [0.717, 1.165) is 0 Å². The largest absolute Gasteiger partial charge is 0.462 e. The number of aliphatic imine (C=N–C) groups is 2. The fourth-order valence-corrected chi connectivity index (χ4v) is 1.24. The van der Waals surface area contributed by atoms with Crippen LogP contribution in [0.15, 0.2) is 9.98 Å². The van der Waals surface area contributed by atoms with Crippen molar-refractivity contribution in [2.24, 2.45) is 9.98 Å². The molecule has 0 spiro atoms. The molecule has 1 rings (SSSR count). The molecule has 0 aromatic carbocycles. The predicted octanol–water partition coefficient (Wildman–Crippen LogP) is 0.0814. The summed E-state index contributed by atoms with van der Waals surface area (Å²) in [5.74, 6) is -0.790. The van der Waals surface area contributed by atoms with Gasteiger partial charge in [0.15, 0.2) is 0 Å². The van der Waals surface area contributed by atoms with Gasteiger partial charge < -0.3 is 4.74 Å². The number of rotatable bonds is 2. The normalized spacial score (nSPS) is 26.4. The van der Waals surface area contributed by atoms with E-state index in [1.807, 2.05) is 0 Å². The van der Waals surface area contributed by atoms with Gasteiger partial charge in [0.05, 0.1) is 6.61 Å². The van der Waals surface area contributed by atoms with Crippen molar-refractivity contribution >= 4 is 18.1 Å². The lowest BCUT2D eigenvalue weighted by Crippen LogP contribution is -2.34. The van der Waals surface area contributed by atoms with Crippen molar-refractivity contribution in [3.05, 3.63) is 0 Å². The molecule has 0 N–H and O–H groups in total. The van der Waals surface area contributed by atoms with Crippen LogP contribution < -0.4 is 0 Å². The molecule has 0 unspecified atom stereocenters. The number of hydrogen-bond donors (Lipinski definition) is 0. The number of ether oxygens (including phenoxy) is 1. The summed E-state index contributed by atoms with van der Waals surface area (Å²) in [6.45, 7) is 0.253. The Balaban J connectivity index is 3.08. The molecule has 0 saturated carbocycles. The van der Waals surface area contributed by atoms with Gasteiger partial charge in [-0.05, 0) is 12.8 Å². The fraction of sp³-hybridized carbons (Fsp3) is 0.625. The maximum absolute atomic E-state index is 11.3. The van der Waals surface area contributed by atoms with Gasteiger partial charge in [0.2, 0.25) is 12.2 Å². The minimum atomic E-state index is -1.74. The van der Waals surface area contributed by atoms with E-state index in [9.17, 15) is 14.4 Å². The highest BCUT2D eigenvalue weighted by molar-refractivity contribution is 5.82. The first kappa shape index (κ1) is 10.3. The Hall–Kier alpha value is -1.77. The number of nitrogens with zero attached hydrogens (tertiary/aromatic N) is 2. The van der Waals surface area contributed by atoms with E-state index >= 15 is 0 Å². The predicted molar refractivity (Wildman–Crippen MR) is 43.8 cm³/mol. The number of cyclic esters (lactones) is 1. The third kappa shape index (κ3) is 1.93. The Morgan fingerprint density at radius 3 is 2.43 bits per heavy atom. The second kappa shape index (κ2) is 4.46. The van der Waals surface area contributed by atoms with E-state index in [0.29, 0.717) is 12.8 Å². The molecular formula is C8H8N2O4. The average molecular weight is 196 g/mol. The summed E-state index contributed by atoms with van der Waals surface area (Å²) in [5.41, 5.74) is -1.74. The molecule has 1 saturated heterocycles. The van der Waals surface area contributed by atoms with Gasteiger partial charge >= 0.3 is 5.97 Å². The SMILES string of the molecule is O=C=NC1(N=C=O)CCCCOC1=O. The molecule has 0 aromatic heterocycles. The van der Waals surface area contributed by atoms with Gasteiger partial charge in [0.25, 0.3) is 5.66 Å². The van der Waals surface area contributed by atoms with Crippen LogP contribution in [-0.2, 0) is 19.1 Å². The molecular weight excluding hydrogens is 188 g/mol. The van der Waals surface area contributed by atoms with E-state index in [4.69, 9.17) is 4.74 Å². The average Bonchev–Trinajstić information content (AvgIpc) is 2.32. The zero-order chi connectivity index (χ0) is 10.4. The molecule has 14 heavy (non-hydrogen) atoms. The highest BCUT2D eigenvalue weighted by Gasteiger charge is 2.41. The summed E-state index contributed by atoms with van der Waals surface area (Å²) < 4.78 is 4.74. The topological polar surface area (TPSA) is 85.2 Å². The Morgan fingerprint density at radius 2 is 1.86 bits per heavy atom. The first-order valence-corrected chi connectivity index (χ1v) is 4.10. The lowest BCUT2D eigenvalue weighted by atomic mass is 10.1. The maximum atomic E-state index is 11.3. The van der Waals surface area contributed by atoms with Crippen LogP contribution in [0.2, 0.25) is 0 Å². The highest BCUT2D eigenvalue weighted by Crippen LogP contribution is 2.25. The van der Waals surface area contributed by atoms with Crippen molar-refractivity contribution in [2.75, 3.05) is 6.61 Å². The van der Waals surface area contributed by atoms with E-state index < -0.39 is 11.6 Å². The van der Waals surface area contributed by atoms with Crippen molar-refractivity contribution in [3.63, 3.8) is 0 Å². The molecule has 6 nitrogen and oxygen atoms in total. The molecule has 1 fully saturated rings. The molecule has 0 radical (unpaired) electrons. The van der Waals surface area contributed by atoms with Gasteiger partial charge in [-0.3, -0.25) is 0 Å². The zero-order valence-corrected chi connectivity index (χ0v) is 7.36. The van der Waals surface area contributed by atoms with Gasteiger partial charge in [-0.1, -0.05) is 0 Å². The summed E-state index contributed by atoms with van der Waals surface area (Å²) in [6.07, 6.45) is 3.88. The Kier molecular flexibility index (Phi) is 3.29. The molecule has 1 aliphatic heterocycles. The van der Waals surface area contributed by atoms with Crippen LogP contribution in [0.5, 0.6) is 0 Å². The maximum Gasteiger partial charge on any atom is 0.358 e. The van der Waals surface area contributed by atoms with Crippen molar-refractivity contribution in [1.82, 2.24) is 0 Å². The van der Waals surface area contributed by atoms with E-state index in [2.05, 4.69) is 9.98 Å². The smallest absolute Gasteiger partial charge is 0.358 e. The van der Waals surface area contributed by atoms with E-state index in [1.165, 1.54) is 12.2 Å². The van der Waals surface area contributed by atoms with Gasteiger partial charge in [0.1, 0.15) is 0 Å². The second-order valence-corrected chi connectivity index (χ2v) is 2.82. The number of carbonyl (C=O) groups excluding carboxylic acids is 3. The lowest BCUT2D eigenvalue weighted by molar-refractivity contribution is -0.148. The Bertz CT molecular complexity index is 308. The molecule has 0 aromatic rings. The molecule has 0 bridgehead atoms. The molecule has 74 valence electrons. The number of isocyanates is 2. The van der Waals surface area contributed by atoms with Crippen molar-refractivity contribution < 1.29 is 19.1 Å². The lowest BCUT2D eigenvalue weighted by Gasteiger charge is -2.15. The number of carbonyl (C=O) groups is 1. The summed E-state index contributed by atoms with van der Waals surface area (Å²) in [6, 6.07) is 0. The minimum absolute atomic E-state index is 0.177. The highest BCUT2D eigenvalue weighted by atomic mass is 16.5. The molecule has 0 amide bonds. The zero-order valence-electron chi connectivity index (χ0n) is 7.36. The summed E-state index contributed by atoms with van der Waals surface area (Å²) in [5, 5.41) is 0. The number of hydrogen-bond acceptors (Lipinski definition) is 6. The van der Waals surface area contributed by atoms with Crippen molar-refractivity contribution in [3.8, 4) is 0 Å². The molecule has 6 heteroatoms. The third-order valence-corrected chi connectivity index (χ3v) is 1.94. The van der Waals surface area contributed by atoms with Crippen LogP contribution in [0.3, 0.4) is 0 Å². The third-order valence-electron chi connectivity index (χ3n) is 1.94. The van der Waals surface area contributed by atoms with Gasteiger partial charge in [-0.15, -0.1) is 0 Å². The molecule has 1 heterocycles. The quantitative estimate of drug-likeness (QED) is 0.355. The van der Waals surface area contributed by atoms with Gasteiger partial charge in [-0.25, -0.2) is 14.4 Å². The summed E-state index contributed by atoms with van der Waals surface area (Å²) in [4.78, 5) is 38.1. The van der Waals surface area contributed by atoms with Crippen LogP contribution in [0, 0.1) is 0 Å². The first-order valence-electron chi connectivity index (χ1n) is 4.10. The fourth-order valence-electron chi connectivity index (χ4n) is 1.24. The Morgan fingerprint density at radius 1 is 1.21 bits per heavy atom. The second-order valence-electron chi connectivity index (χ2n) is 2.82. The van der Waals surface area contributed by atoms with Crippen LogP contribution >= 0.6 is 0 Å². The number of esters is 1. The van der Waals surface area contributed by atoms with E-state index in [1.54, 1.807) is 0 Å². The first-order chi connectivity index (χ1) is 6.75. The minimum Gasteiger partial charge on any atom is -0.462 e. The van der Waals surface area contributed by atoms with Gasteiger partial charge in [0, 0.05) is 6.42 Å². The Labute approximate surface area is 79.7 Å². The van der Waals surface area contributed by atoms with Crippen LogP contribution in [0.25, 0.3) is 0 Å². The van der Waals surface area contributed by atoms with Crippen molar-refractivity contribution in [2.45, 2.75) is 24.9 Å². The summed E-state index contributed by atoms with van der Waals surface area (Å²) in [7, 11) is 0. The molecule has 0 atom stereocenters.